The van der Waals surface area contributed by atoms with E-state index in [1.54, 1.807) is 6.92 Å². The molecule has 0 bridgehead atoms. The van der Waals surface area contributed by atoms with Crippen LogP contribution in [0.5, 0.6) is 0 Å². The molecular weight excluding hydrogens is 377 g/mol. The van der Waals surface area contributed by atoms with Gasteiger partial charge in [0.2, 0.25) is 0 Å². The normalized spacial score (nSPS) is 14.1. The first-order chi connectivity index (χ1) is 13.2. The van der Waals surface area contributed by atoms with E-state index in [9.17, 15) is 28.1 Å². The lowest BCUT2D eigenvalue weighted by Gasteiger charge is -2.08. The van der Waals surface area contributed by atoms with Gasteiger partial charge in [-0.1, -0.05) is 6.07 Å². The summed E-state index contributed by atoms with van der Waals surface area (Å²) in [5.74, 6) is -0.353. The predicted octanol–water partition coefficient (Wildman–Crippen LogP) is 3.82. The molecule has 2 aromatic rings. The molecular formula is C18H19F3N4O3. The van der Waals surface area contributed by atoms with Gasteiger partial charge in [0.25, 0.3) is 11.6 Å². The maximum Gasteiger partial charge on any atom is 0.435 e. The van der Waals surface area contributed by atoms with Crippen LogP contribution in [0.2, 0.25) is 0 Å². The third-order valence-electron chi connectivity index (χ3n) is 4.60. The zero-order valence-corrected chi connectivity index (χ0v) is 15.1. The third-order valence-corrected chi connectivity index (χ3v) is 4.60. The molecule has 0 radical (unpaired) electrons. The SMILES string of the molecule is Cc1ccc(C(=O)NCCCn2nc(C(F)(F)F)cc2C2CC2)cc1[N+](=O)[O-]. The number of aryl methyl sites for hydroxylation is 2. The van der Waals surface area contributed by atoms with E-state index in [1.165, 1.54) is 22.9 Å². The number of aromatic nitrogens is 2. The van der Waals surface area contributed by atoms with Gasteiger partial charge in [-0.2, -0.15) is 18.3 Å². The lowest BCUT2D eigenvalue weighted by atomic mass is 10.1. The molecule has 7 nitrogen and oxygen atoms in total. The third kappa shape index (κ3) is 4.49. The molecule has 1 saturated carbocycles. The molecule has 0 atom stereocenters. The number of nitro groups is 1. The fraction of sp³-hybridized carbons (Fsp3) is 0.444. The molecule has 3 rings (SSSR count). The van der Waals surface area contributed by atoms with Crippen LogP contribution < -0.4 is 5.32 Å². The molecule has 1 N–H and O–H groups in total. The van der Waals surface area contributed by atoms with Gasteiger partial charge >= 0.3 is 6.18 Å². The van der Waals surface area contributed by atoms with Crippen LogP contribution in [0.15, 0.2) is 24.3 Å². The van der Waals surface area contributed by atoms with E-state index < -0.39 is 22.7 Å². The van der Waals surface area contributed by atoms with E-state index in [-0.39, 0.29) is 30.3 Å². The number of nitrogens with zero attached hydrogens (tertiary/aromatic N) is 3. The van der Waals surface area contributed by atoms with Crippen molar-refractivity contribution in [1.82, 2.24) is 15.1 Å². The highest BCUT2D eigenvalue weighted by Gasteiger charge is 2.37. The number of carbonyl (C=O) groups excluding carboxylic acids is 1. The summed E-state index contributed by atoms with van der Waals surface area (Å²) in [6, 6.07) is 5.30. The Hall–Kier alpha value is -2.91. The van der Waals surface area contributed by atoms with Crippen LogP contribution in [0.25, 0.3) is 0 Å². The summed E-state index contributed by atoms with van der Waals surface area (Å²) in [6.45, 7) is 2.04. The first-order valence-corrected chi connectivity index (χ1v) is 8.85. The number of rotatable bonds is 7. The van der Waals surface area contributed by atoms with Crippen LogP contribution in [0.1, 0.15) is 52.5 Å². The Kier molecular flexibility index (Phi) is 5.39. The number of amides is 1. The average Bonchev–Trinajstić information content (AvgIpc) is 3.37. The monoisotopic (exact) mass is 396 g/mol. The van der Waals surface area contributed by atoms with Gasteiger partial charge in [-0.25, -0.2) is 0 Å². The van der Waals surface area contributed by atoms with Crippen LogP contribution in [-0.4, -0.2) is 27.2 Å². The van der Waals surface area contributed by atoms with Crippen molar-refractivity contribution in [3.8, 4) is 0 Å². The molecule has 0 spiro atoms. The molecule has 28 heavy (non-hydrogen) atoms. The summed E-state index contributed by atoms with van der Waals surface area (Å²) in [6.07, 6.45) is -2.39. The molecule has 10 heteroatoms. The molecule has 1 aromatic carbocycles. The van der Waals surface area contributed by atoms with Crippen LogP contribution in [0.3, 0.4) is 0 Å². The minimum Gasteiger partial charge on any atom is -0.352 e. The van der Waals surface area contributed by atoms with Crippen molar-refractivity contribution < 1.29 is 22.9 Å². The van der Waals surface area contributed by atoms with E-state index in [2.05, 4.69) is 10.4 Å². The Balaban J connectivity index is 1.58. The Morgan fingerprint density at radius 1 is 1.36 bits per heavy atom. The highest BCUT2D eigenvalue weighted by molar-refractivity contribution is 5.94. The van der Waals surface area contributed by atoms with Gasteiger partial charge in [-0.05, 0) is 38.3 Å². The fourth-order valence-electron chi connectivity index (χ4n) is 2.94. The first kappa shape index (κ1) is 19.8. The van der Waals surface area contributed by atoms with Crippen molar-refractivity contribution >= 4 is 11.6 Å². The summed E-state index contributed by atoms with van der Waals surface area (Å²) >= 11 is 0. The average molecular weight is 396 g/mol. The van der Waals surface area contributed by atoms with Gasteiger partial charge in [0.15, 0.2) is 5.69 Å². The maximum absolute atomic E-state index is 12.9. The zero-order chi connectivity index (χ0) is 20.5. The van der Waals surface area contributed by atoms with Gasteiger partial charge in [-0.3, -0.25) is 19.6 Å². The molecule has 150 valence electrons. The summed E-state index contributed by atoms with van der Waals surface area (Å²) in [7, 11) is 0. The van der Waals surface area contributed by atoms with Crippen LogP contribution >= 0.6 is 0 Å². The van der Waals surface area contributed by atoms with Gasteiger partial charge in [0, 0.05) is 41.9 Å². The zero-order valence-electron chi connectivity index (χ0n) is 15.1. The number of nitro benzene ring substituents is 1. The highest BCUT2D eigenvalue weighted by atomic mass is 19.4. The van der Waals surface area contributed by atoms with E-state index in [0.717, 1.165) is 18.9 Å². The molecule has 1 aliphatic rings. The number of hydrogen-bond donors (Lipinski definition) is 1. The van der Waals surface area contributed by atoms with E-state index in [4.69, 9.17) is 0 Å². The molecule has 1 aliphatic carbocycles. The second kappa shape index (κ2) is 7.61. The summed E-state index contributed by atoms with van der Waals surface area (Å²) < 4.78 is 40.0. The number of nitrogens with one attached hydrogen (secondary N) is 1. The molecule has 1 fully saturated rings. The first-order valence-electron chi connectivity index (χ1n) is 8.85. The topological polar surface area (TPSA) is 90.1 Å². The Morgan fingerprint density at radius 2 is 2.07 bits per heavy atom. The van der Waals surface area contributed by atoms with Crippen molar-refractivity contribution in [1.29, 1.82) is 0 Å². The quantitative estimate of drug-likeness (QED) is 0.438. The van der Waals surface area contributed by atoms with Crippen molar-refractivity contribution in [2.24, 2.45) is 0 Å². The maximum atomic E-state index is 12.9. The molecule has 0 aliphatic heterocycles. The number of alkyl halides is 3. The molecule has 1 amide bonds. The van der Waals surface area contributed by atoms with Gasteiger partial charge < -0.3 is 5.32 Å². The Labute approximate surface area is 158 Å². The number of carbonyl (C=O) groups is 1. The molecule has 0 saturated heterocycles. The summed E-state index contributed by atoms with van der Waals surface area (Å²) in [5.41, 5.74) is 0.152. The molecule has 1 heterocycles. The largest absolute Gasteiger partial charge is 0.435 e. The van der Waals surface area contributed by atoms with Crippen LogP contribution in [-0.2, 0) is 12.7 Å². The number of halogens is 3. The molecule has 1 aromatic heterocycles. The number of hydrogen-bond acceptors (Lipinski definition) is 4. The van der Waals surface area contributed by atoms with Crippen molar-refractivity contribution in [2.75, 3.05) is 6.54 Å². The predicted molar refractivity (Wildman–Crippen MR) is 94.0 cm³/mol. The van der Waals surface area contributed by atoms with E-state index in [1.807, 2.05) is 0 Å². The van der Waals surface area contributed by atoms with E-state index in [0.29, 0.717) is 17.7 Å². The molecule has 0 unspecified atom stereocenters. The van der Waals surface area contributed by atoms with E-state index >= 15 is 0 Å². The lowest BCUT2D eigenvalue weighted by Crippen LogP contribution is -2.25. The summed E-state index contributed by atoms with van der Waals surface area (Å²) in [5, 5.41) is 17.3. The summed E-state index contributed by atoms with van der Waals surface area (Å²) in [4.78, 5) is 22.6. The minimum atomic E-state index is -4.48. The van der Waals surface area contributed by atoms with Gasteiger partial charge in [0.1, 0.15) is 0 Å². The van der Waals surface area contributed by atoms with Crippen molar-refractivity contribution in [3.63, 3.8) is 0 Å². The second-order valence-corrected chi connectivity index (χ2v) is 6.82. The van der Waals surface area contributed by atoms with Crippen molar-refractivity contribution in [2.45, 2.75) is 44.8 Å². The highest BCUT2D eigenvalue weighted by Crippen LogP contribution is 2.42. The lowest BCUT2D eigenvalue weighted by molar-refractivity contribution is -0.385. The fourth-order valence-corrected chi connectivity index (χ4v) is 2.94. The Morgan fingerprint density at radius 3 is 2.68 bits per heavy atom. The number of benzene rings is 1. The van der Waals surface area contributed by atoms with Crippen LogP contribution in [0.4, 0.5) is 18.9 Å². The Bertz CT molecular complexity index is 904. The van der Waals surface area contributed by atoms with Crippen LogP contribution in [0, 0.1) is 17.0 Å². The standard InChI is InChI=1S/C18H19F3N4O3/c1-11-3-4-13(9-14(11)25(27)28)17(26)22-7-2-8-24-15(12-5-6-12)10-16(23-24)18(19,20)21/h3-4,9-10,12H,2,5-8H2,1H3,(H,22,26). The van der Waals surface area contributed by atoms with Gasteiger partial charge in [-0.15, -0.1) is 0 Å². The second-order valence-electron chi connectivity index (χ2n) is 6.82. The minimum absolute atomic E-state index is 0.117. The smallest absolute Gasteiger partial charge is 0.352 e. The van der Waals surface area contributed by atoms with Gasteiger partial charge in [0.05, 0.1) is 4.92 Å². The van der Waals surface area contributed by atoms with Crippen molar-refractivity contribution in [3.05, 3.63) is 56.9 Å².